The summed E-state index contributed by atoms with van der Waals surface area (Å²) in [5.74, 6) is 2.07. The Morgan fingerprint density at radius 1 is 1.09 bits per heavy atom. The van der Waals surface area contributed by atoms with Crippen molar-refractivity contribution >= 4 is 11.0 Å². The van der Waals surface area contributed by atoms with Gasteiger partial charge in [0.05, 0.1) is 20.8 Å². The van der Waals surface area contributed by atoms with Gasteiger partial charge < -0.3 is 9.47 Å². The van der Waals surface area contributed by atoms with E-state index >= 15 is 0 Å². The lowest BCUT2D eigenvalue weighted by atomic mass is 10.1. The standard InChI is InChI=1S/C19H31N2O2/c1-5-6-7-8-9-10-13-23-15-21-16(2)20(3)18-12-11-17(22-4)14-19(18)21/h11-12,14H,5-10,13,15H2,1-4H3/q+1. The van der Waals surface area contributed by atoms with Crippen LogP contribution in [0.2, 0.25) is 0 Å². The number of rotatable bonds is 10. The average molecular weight is 319 g/mol. The SMILES string of the molecule is CCCCCCCCOCn1c(C)[n+](C)c2ccc(OC)cc21. The van der Waals surface area contributed by atoms with Crippen molar-refractivity contribution in [2.75, 3.05) is 13.7 Å². The number of unbranched alkanes of at least 4 members (excludes halogenated alkanes) is 5. The van der Waals surface area contributed by atoms with Crippen molar-refractivity contribution in [2.24, 2.45) is 7.05 Å². The minimum atomic E-state index is 0.602. The molecule has 0 saturated carbocycles. The highest BCUT2D eigenvalue weighted by atomic mass is 16.5. The summed E-state index contributed by atoms with van der Waals surface area (Å²) in [7, 11) is 3.80. The molecular formula is C19H31N2O2+. The summed E-state index contributed by atoms with van der Waals surface area (Å²) in [6.45, 7) is 5.81. The molecule has 2 rings (SSSR count). The summed E-state index contributed by atoms with van der Waals surface area (Å²) in [4.78, 5) is 0. The van der Waals surface area contributed by atoms with Crippen molar-refractivity contribution in [3.05, 3.63) is 24.0 Å². The van der Waals surface area contributed by atoms with E-state index in [0.717, 1.165) is 24.3 Å². The van der Waals surface area contributed by atoms with Crippen molar-refractivity contribution in [1.82, 2.24) is 4.57 Å². The van der Waals surface area contributed by atoms with Gasteiger partial charge in [0.25, 0.3) is 5.82 Å². The number of fused-ring (bicyclic) bond motifs is 1. The highest BCUT2D eigenvalue weighted by Gasteiger charge is 2.19. The molecule has 4 nitrogen and oxygen atoms in total. The normalized spacial score (nSPS) is 11.3. The van der Waals surface area contributed by atoms with Crippen LogP contribution in [0.25, 0.3) is 11.0 Å². The Morgan fingerprint density at radius 2 is 1.83 bits per heavy atom. The molecule has 0 unspecified atom stereocenters. The molecule has 128 valence electrons. The first-order valence-corrected chi connectivity index (χ1v) is 8.79. The Balaban J connectivity index is 1.91. The van der Waals surface area contributed by atoms with Crippen LogP contribution in [0, 0.1) is 6.92 Å². The third-order valence-electron chi connectivity index (χ3n) is 4.57. The fourth-order valence-corrected chi connectivity index (χ4v) is 2.96. The molecule has 1 heterocycles. The number of imidazole rings is 1. The molecular weight excluding hydrogens is 288 g/mol. The molecule has 2 aromatic rings. The molecule has 0 N–H and O–H groups in total. The fourth-order valence-electron chi connectivity index (χ4n) is 2.96. The zero-order chi connectivity index (χ0) is 16.7. The molecule has 0 fully saturated rings. The molecule has 0 aliphatic rings. The van der Waals surface area contributed by atoms with Gasteiger partial charge in [-0.2, -0.15) is 0 Å². The van der Waals surface area contributed by atoms with Crippen LogP contribution in [0.1, 0.15) is 51.3 Å². The van der Waals surface area contributed by atoms with Crippen molar-refractivity contribution in [3.8, 4) is 5.75 Å². The second-order valence-electron chi connectivity index (χ2n) is 6.19. The molecule has 0 radical (unpaired) electrons. The summed E-state index contributed by atoms with van der Waals surface area (Å²) >= 11 is 0. The predicted octanol–water partition coefficient (Wildman–Crippen LogP) is 4.12. The van der Waals surface area contributed by atoms with Crippen LogP contribution in [-0.4, -0.2) is 18.3 Å². The van der Waals surface area contributed by atoms with Gasteiger partial charge in [0.15, 0.2) is 17.8 Å². The van der Waals surface area contributed by atoms with Crippen molar-refractivity contribution < 1.29 is 14.0 Å². The highest BCUT2D eigenvalue weighted by molar-refractivity contribution is 5.74. The maximum absolute atomic E-state index is 5.91. The first-order valence-electron chi connectivity index (χ1n) is 8.79. The van der Waals surface area contributed by atoms with Gasteiger partial charge >= 0.3 is 0 Å². The Labute approximate surface area is 140 Å². The van der Waals surface area contributed by atoms with E-state index in [4.69, 9.17) is 9.47 Å². The van der Waals surface area contributed by atoms with Crippen LogP contribution in [0.4, 0.5) is 0 Å². The van der Waals surface area contributed by atoms with E-state index in [1.54, 1.807) is 7.11 Å². The molecule has 23 heavy (non-hydrogen) atoms. The van der Waals surface area contributed by atoms with E-state index in [0.29, 0.717) is 6.73 Å². The zero-order valence-corrected chi connectivity index (χ0v) is 15.1. The summed E-state index contributed by atoms with van der Waals surface area (Å²) in [5.41, 5.74) is 2.36. The number of hydrogen-bond donors (Lipinski definition) is 0. The van der Waals surface area contributed by atoms with Gasteiger partial charge in [0, 0.05) is 13.0 Å². The van der Waals surface area contributed by atoms with Gasteiger partial charge in [-0.25, -0.2) is 9.13 Å². The van der Waals surface area contributed by atoms with Crippen LogP contribution in [-0.2, 0) is 18.5 Å². The average Bonchev–Trinajstić information content (AvgIpc) is 2.81. The minimum absolute atomic E-state index is 0.602. The monoisotopic (exact) mass is 319 g/mol. The Morgan fingerprint density at radius 3 is 2.57 bits per heavy atom. The molecule has 4 heteroatoms. The largest absolute Gasteiger partial charge is 0.497 e. The van der Waals surface area contributed by atoms with Gasteiger partial charge in [0.2, 0.25) is 0 Å². The van der Waals surface area contributed by atoms with Gasteiger partial charge in [-0.15, -0.1) is 0 Å². The predicted molar refractivity (Wildman–Crippen MR) is 93.7 cm³/mol. The van der Waals surface area contributed by atoms with Crippen molar-refractivity contribution in [2.45, 2.75) is 59.1 Å². The molecule has 1 aromatic heterocycles. The Hall–Kier alpha value is -1.55. The zero-order valence-electron chi connectivity index (χ0n) is 15.1. The first-order chi connectivity index (χ1) is 11.2. The summed E-state index contributed by atoms with van der Waals surface area (Å²) in [5, 5.41) is 0. The number of aryl methyl sites for hydroxylation is 1. The van der Waals surface area contributed by atoms with Crippen molar-refractivity contribution in [1.29, 1.82) is 0 Å². The van der Waals surface area contributed by atoms with Gasteiger partial charge in [-0.05, 0) is 18.6 Å². The van der Waals surface area contributed by atoms with E-state index in [1.807, 2.05) is 6.07 Å². The maximum Gasteiger partial charge on any atom is 0.255 e. The lowest BCUT2D eigenvalue weighted by molar-refractivity contribution is -0.652. The smallest absolute Gasteiger partial charge is 0.255 e. The molecule has 0 amide bonds. The Kier molecular flexibility index (Phi) is 6.90. The lowest BCUT2D eigenvalue weighted by Gasteiger charge is -2.04. The highest BCUT2D eigenvalue weighted by Crippen LogP contribution is 2.20. The van der Waals surface area contributed by atoms with Crippen LogP contribution in [0.15, 0.2) is 18.2 Å². The quantitative estimate of drug-likeness (QED) is 0.486. The second kappa shape index (κ2) is 8.92. The number of benzene rings is 1. The minimum Gasteiger partial charge on any atom is -0.497 e. The summed E-state index contributed by atoms with van der Waals surface area (Å²) in [6, 6.07) is 6.19. The van der Waals surface area contributed by atoms with Crippen LogP contribution in [0.5, 0.6) is 5.75 Å². The number of methoxy groups -OCH3 is 1. The number of ether oxygens (including phenoxy) is 2. The van der Waals surface area contributed by atoms with Gasteiger partial charge in [0.1, 0.15) is 5.75 Å². The summed E-state index contributed by atoms with van der Waals surface area (Å²) in [6.07, 6.45) is 7.76. The van der Waals surface area contributed by atoms with Gasteiger partial charge in [-0.1, -0.05) is 39.0 Å². The molecule has 0 saturated heterocycles. The number of aromatic nitrogens is 2. The van der Waals surface area contributed by atoms with E-state index in [-0.39, 0.29) is 0 Å². The van der Waals surface area contributed by atoms with Gasteiger partial charge in [-0.3, -0.25) is 0 Å². The Bertz CT molecular complexity index is 619. The van der Waals surface area contributed by atoms with Crippen molar-refractivity contribution in [3.63, 3.8) is 0 Å². The third kappa shape index (κ3) is 4.47. The fraction of sp³-hybridized carbons (Fsp3) is 0.632. The number of hydrogen-bond acceptors (Lipinski definition) is 2. The van der Waals surface area contributed by atoms with Crippen LogP contribution < -0.4 is 9.30 Å². The maximum atomic E-state index is 5.91. The third-order valence-corrected chi connectivity index (χ3v) is 4.57. The molecule has 0 atom stereocenters. The first kappa shape index (κ1) is 17.8. The molecule has 0 aliphatic heterocycles. The van der Waals surface area contributed by atoms with E-state index in [1.165, 1.54) is 43.4 Å². The number of nitrogens with zero attached hydrogens (tertiary/aromatic N) is 2. The van der Waals surface area contributed by atoms with Crippen LogP contribution in [0.3, 0.4) is 0 Å². The van der Waals surface area contributed by atoms with E-state index < -0.39 is 0 Å². The molecule has 1 aromatic carbocycles. The van der Waals surface area contributed by atoms with E-state index in [2.05, 4.69) is 42.2 Å². The van der Waals surface area contributed by atoms with Crippen LogP contribution >= 0.6 is 0 Å². The molecule has 0 aliphatic carbocycles. The molecule has 0 spiro atoms. The molecule has 0 bridgehead atoms. The lowest BCUT2D eigenvalue weighted by Crippen LogP contribution is -2.31. The topological polar surface area (TPSA) is 27.3 Å². The summed E-state index contributed by atoms with van der Waals surface area (Å²) < 4.78 is 15.7. The van der Waals surface area contributed by atoms with E-state index in [9.17, 15) is 0 Å². The second-order valence-corrected chi connectivity index (χ2v) is 6.19.